The molecule has 0 heterocycles. The van der Waals surface area contributed by atoms with Gasteiger partial charge in [-0.15, -0.1) is 0 Å². The van der Waals surface area contributed by atoms with Crippen molar-refractivity contribution >= 4 is 0 Å². The maximum atomic E-state index is 5.31. The summed E-state index contributed by atoms with van der Waals surface area (Å²) in [5, 5.41) is 0. The van der Waals surface area contributed by atoms with Gasteiger partial charge in [-0.3, -0.25) is 0 Å². The van der Waals surface area contributed by atoms with Gasteiger partial charge in [-0.05, 0) is 24.6 Å². The molecule has 0 spiro atoms. The molecule has 1 atom stereocenters. The predicted molar refractivity (Wildman–Crippen MR) is 69.9 cm³/mol. The van der Waals surface area contributed by atoms with Crippen molar-refractivity contribution in [2.45, 2.75) is 26.3 Å². The van der Waals surface area contributed by atoms with E-state index in [-0.39, 0.29) is 0 Å². The van der Waals surface area contributed by atoms with Crippen LogP contribution < -0.4 is 14.4 Å². The standard InChI is InChI=1S/C14H23NO2/c1-5-6-9-15(2)11-12-7-8-13(16-3)14(10-12)17-4/h7-8,10H,5-6,9,11H2,1-4H3/p+1. The fourth-order valence-electron chi connectivity index (χ4n) is 1.91. The molecule has 0 aromatic heterocycles. The lowest BCUT2D eigenvalue weighted by atomic mass is 10.2. The summed E-state index contributed by atoms with van der Waals surface area (Å²) >= 11 is 0. The van der Waals surface area contributed by atoms with Gasteiger partial charge >= 0.3 is 0 Å². The zero-order valence-corrected chi connectivity index (χ0v) is 11.4. The molecule has 1 aromatic carbocycles. The van der Waals surface area contributed by atoms with Crippen LogP contribution in [0.2, 0.25) is 0 Å². The summed E-state index contributed by atoms with van der Waals surface area (Å²) in [5.41, 5.74) is 1.29. The number of methoxy groups -OCH3 is 2. The van der Waals surface area contributed by atoms with Gasteiger partial charge < -0.3 is 14.4 Å². The van der Waals surface area contributed by atoms with E-state index in [1.165, 1.54) is 29.8 Å². The van der Waals surface area contributed by atoms with E-state index in [0.717, 1.165) is 18.0 Å². The molecule has 1 rings (SSSR count). The molecular formula is C14H24NO2+. The predicted octanol–water partition coefficient (Wildman–Crippen LogP) is 1.52. The molecule has 0 amide bonds. The van der Waals surface area contributed by atoms with Crippen LogP contribution >= 0.6 is 0 Å². The van der Waals surface area contributed by atoms with Gasteiger partial charge in [0.15, 0.2) is 11.5 Å². The number of rotatable bonds is 7. The van der Waals surface area contributed by atoms with Crippen molar-refractivity contribution in [3.05, 3.63) is 23.8 Å². The number of unbranched alkanes of at least 4 members (excludes halogenated alkanes) is 1. The second-order valence-corrected chi connectivity index (χ2v) is 4.43. The van der Waals surface area contributed by atoms with Crippen LogP contribution in [0, 0.1) is 0 Å². The Bertz CT molecular complexity index is 339. The number of ether oxygens (including phenoxy) is 2. The van der Waals surface area contributed by atoms with Crippen LogP contribution in [0.3, 0.4) is 0 Å². The van der Waals surface area contributed by atoms with Crippen LogP contribution in [0.4, 0.5) is 0 Å². The van der Waals surface area contributed by atoms with Crippen LogP contribution in [0.1, 0.15) is 25.3 Å². The molecule has 0 fully saturated rings. The Morgan fingerprint density at radius 3 is 2.41 bits per heavy atom. The first kappa shape index (κ1) is 13.8. The third-order valence-electron chi connectivity index (χ3n) is 2.91. The third-order valence-corrected chi connectivity index (χ3v) is 2.91. The third kappa shape index (κ3) is 4.27. The Hall–Kier alpha value is -1.22. The lowest BCUT2D eigenvalue weighted by Crippen LogP contribution is -3.07. The molecule has 0 aliphatic rings. The largest absolute Gasteiger partial charge is 0.493 e. The first-order valence-corrected chi connectivity index (χ1v) is 6.23. The average Bonchev–Trinajstić information content (AvgIpc) is 2.36. The molecule has 0 aliphatic heterocycles. The highest BCUT2D eigenvalue weighted by atomic mass is 16.5. The molecule has 0 aliphatic carbocycles. The van der Waals surface area contributed by atoms with Gasteiger partial charge in [0.2, 0.25) is 0 Å². The quantitative estimate of drug-likeness (QED) is 0.778. The van der Waals surface area contributed by atoms with Crippen LogP contribution in [-0.4, -0.2) is 27.8 Å². The fraction of sp³-hybridized carbons (Fsp3) is 0.571. The minimum atomic E-state index is 0.794. The molecule has 1 unspecified atom stereocenters. The molecule has 0 radical (unpaired) electrons. The maximum Gasteiger partial charge on any atom is 0.161 e. The van der Waals surface area contributed by atoms with E-state index >= 15 is 0 Å². The smallest absolute Gasteiger partial charge is 0.161 e. The topological polar surface area (TPSA) is 22.9 Å². The average molecular weight is 238 g/mol. The minimum absolute atomic E-state index is 0.794. The van der Waals surface area contributed by atoms with Crippen LogP contribution in [-0.2, 0) is 6.54 Å². The van der Waals surface area contributed by atoms with Crippen molar-refractivity contribution in [2.24, 2.45) is 0 Å². The summed E-state index contributed by atoms with van der Waals surface area (Å²) in [5.74, 6) is 1.61. The van der Waals surface area contributed by atoms with Crippen molar-refractivity contribution in [3.63, 3.8) is 0 Å². The summed E-state index contributed by atoms with van der Waals surface area (Å²) in [6.45, 7) is 4.47. The first-order chi connectivity index (χ1) is 8.21. The van der Waals surface area contributed by atoms with E-state index in [2.05, 4.69) is 26.1 Å². The van der Waals surface area contributed by atoms with E-state index in [9.17, 15) is 0 Å². The molecule has 1 N–H and O–H groups in total. The number of quaternary nitrogens is 1. The molecular weight excluding hydrogens is 214 g/mol. The Kier molecular flexibility index (Phi) is 5.84. The molecule has 96 valence electrons. The van der Waals surface area contributed by atoms with Gasteiger partial charge in [0.1, 0.15) is 6.54 Å². The van der Waals surface area contributed by atoms with Gasteiger partial charge in [0.05, 0.1) is 27.8 Å². The van der Waals surface area contributed by atoms with E-state index in [1.54, 1.807) is 14.2 Å². The summed E-state index contributed by atoms with van der Waals surface area (Å²) < 4.78 is 10.5. The highest BCUT2D eigenvalue weighted by Crippen LogP contribution is 2.27. The number of benzene rings is 1. The number of hydrogen-bond acceptors (Lipinski definition) is 2. The molecule has 17 heavy (non-hydrogen) atoms. The summed E-state index contributed by atoms with van der Waals surface area (Å²) in [6, 6.07) is 6.15. The number of nitrogens with one attached hydrogen (secondary N) is 1. The molecule has 1 aromatic rings. The molecule has 0 saturated carbocycles. The van der Waals surface area contributed by atoms with Crippen molar-refractivity contribution < 1.29 is 14.4 Å². The fourth-order valence-corrected chi connectivity index (χ4v) is 1.91. The molecule has 0 bridgehead atoms. The van der Waals surface area contributed by atoms with Crippen molar-refractivity contribution in [3.8, 4) is 11.5 Å². The molecule has 3 nitrogen and oxygen atoms in total. The van der Waals surface area contributed by atoms with Gasteiger partial charge in [-0.25, -0.2) is 0 Å². The zero-order chi connectivity index (χ0) is 12.7. The Morgan fingerprint density at radius 1 is 1.12 bits per heavy atom. The molecule has 0 saturated heterocycles. The molecule has 3 heteroatoms. The lowest BCUT2D eigenvalue weighted by Gasteiger charge is -2.15. The zero-order valence-electron chi connectivity index (χ0n) is 11.4. The van der Waals surface area contributed by atoms with Crippen LogP contribution in [0.5, 0.6) is 11.5 Å². The highest BCUT2D eigenvalue weighted by molar-refractivity contribution is 5.42. The van der Waals surface area contributed by atoms with Crippen molar-refractivity contribution in [1.82, 2.24) is 0 Å². The first-order valence-electron chi connectivity index (χ1n) is 6.23. The Morgan fingerprint density at radius 2 is 1.82 bits per heavy atom. The minimum Gasteiger partial charge on any atom is -0.493 e. The monoisotopic (exact) mass is 238 g/mol. The van der Waals surface area contributed by atoms with E-state index in [4.69, 9.17) is 9.47 Å². The van der Waals surface area contributed by atoms with Crippen molar-refractivity contribution in [2.75, 3.05) is 27.8 Å². The summed E-state index contributed by atoms with van der Waals surface area (Å²) in [6.07, 6.45) is 2.53. The normalized spacial score (nSPS) is 12.2. The van der Waals surface area contributed by atoms with Crippen molar-refractivity contribution in [1.29, 1.82) is 0 Å². The lowest BCUT2D eigenvalue weighted by molar-refractivity contribution is -0.894. The second kappa shape index (κ2) is 7.17. The van der Waals surface area contributed by atoms with Crippen LogP contribution in [0.15, 0.2) is 18.2 Å². The van der Waals surface area contributed by atoms with Gasteiger partial charge in [-0.1, -0.05) is 13.3 Å². The maximum absolute atomic E-state index is 5.31. The Labute approximate surface area is 104 Å². The number of hydrogen-bond donors (Lipinski definition) is 1. The van der Waals surface area contributed by atoms with E-state index in [1.807, 2.05) is 6.07 Å². The highest BCUT2D eigenvalue weighted by Gasteiger charge is 2.08. The van der Waals surface area contributed by atoms with Gasteiger partial charge in [-0.2, -0.15) is 0 Å². The van der Waals surface area contributed by atoms with Gasteiger partial charge in [0.25, 0.3) is 0 Å². The SMILES string of the molecule is CCCC[NH+](C)Cc1ccc(OC)c(OC)c1. The summed E-state index contributed by atoms with van der Waals surface area (Å²) in [4.78, 5) is 1.53. The summed E-state index contributed by atoms with van der Waals surface area (Å²) in [7, 11) is 5.57. The van der Waals surface area contributed by atoms with Crippen LogP contribution in [0.25, 0.3) is 0 Å². The Balaban J connectivity index is 2.65. The van der Waals surface area contributed by atoms with E-state index in [0.29, 0.717) is 0 Å². The van der Waals surface area contributed by atoms with Gasteiger partial charge in [0, 0.05) is 5.56 Å². The van der Waals surface area contributed by atoms with E-state index < -0.39 is 0 Å². The second-order valence-electron chi connectivity index (χ2n) is 4.43.